The van der Waals surface area contributed by atoms with Gasteiger partial charge in [0.1, 0.15) is 0 Å². The number of guanidine groups is 1. The van der Waals surface area contributed by atoms with Gasteiger partial charge in [-0.05, 0) is 31.6 Å². The van der Waals surface area contributed by atoms with Crippen molar-refractivity contribution in [3.8, 4) is 0 Å². The molecule has 1 saturated carbocycles. The predicted molar refractivity (Wildman–Crippen MR) is 106 cm³/mol. The summed E-state index contributed by atoms with van der Waals surface area (Å²) in [5.41, 5.74) is 0. The Morgan fingerprint density at radius 1 is 0.962 bits per heavy atom. The number of likely N-dealkylation sites (tertiary alicyclic amines) is 1. The number of hydrogen-bond donors (Lipinski definition) is 1. The SMILES string of the molecule is CN=C(NCCN1CCN(C(=O)C2CCCC2)CC1)N1CCC(C)CC1. The van der Waals surface area contributed by atoms with E-state index in [1.807, 2.05) is 7.05 Å². The average molecular weight is 364 g/mol. The number of rotatable bonds is 4. The van der Waals surface area contributed by atoms with E-state index in [4.69, 9.17) is 0 Å². The van der Waals surface area contributed by atoms with Crippen molar-refractivity contribution >= 4 is 11.9 Å². The molecule has 2 aliphatic heterocycles. The summed E-state index contributed by atoms with van der Waals surface area (Å²) >= 11 is 0. The number of piperidine rings is 1. The van der Waals surface area contributed by atoms with E-state index in [0.717, 1.165) is 77.1 Å². The van der Waals surface area contributed by atoms with Crippen molar-refractivity contribution in [3.05, 3.63) is 0 Å². The summed E-state index contributed by atoms with van der Waals surface area (Å²) < 4.78 is 0. The number of nitrogens with one attached hydrogen (secondary N) is 1. The molecule has 0 spiro atoms. The molecule has 3 aliphatic rings. The normalized spacial score (nSPS) is 24.3. The monoisotopic (exact) mass is 363 g/mol. The van der Waals surface area contributed by atoms with E-state index in [-0.39, 0.29) is 0 Å². The van der Waals surface area contributed by atoms with Crippen LogP contribution >= 0.6 is 0 Å². The zero-order valence-corrected chi connectivity index (χ0v) is 16.8. The van der Waals surface area contributed by atoms with Crippen LogP contribution in [-0.2, 0) is 4.79 Å². The van der Waals surface area contributed by atoms with E-state index in [9.17, 15) is 4.79 Å². The van der Waals surface area contributed by atoms with Gasteiger partial charge in [0.05, 0.1) is 0 Å². The summed E-state index contributed by atoms with van der Waals surface area (Å²) in [5, 5.41) is 3.53. The third kappa shape index (κ3) is 5.12. The largest absolute Gasteiger partial charge is 0.355 e. The first-order chi connectivity index (χ1) is 12.7. The molecule has 0 aromatic heterocycles. The van der Waals surface area contributed by atoms with Gasteiger partial charge in [-0.1, -0.05) is 19.8 Å². The Bertz CT molecular complexity index is 473. The summed E-state index contributed by atoms with van der Waals surface area (Å²) in [6.45, 7) is 10.3. The number of amides is 1. The Balaban J connectivity index is 1.34. The molecule has 1 aliphatic carbocycles. The lowest BCUT2D eigenvalue weighted by Crippen LogP contribution is -2.52. The number of piperazine rings is 1. The first-order valence-electron chi connectivity index (χ1n) is 10.6. The summed E-state index contributed by atoms with van der Waals surface area (Å²) in [5.74, 6) is 2.62. The van der Waals surface area contributed by atoms with Gasteiger partial charge in [-0.25, -0.2) is 0 Å². The highest BCUT2D eigenvalue weighted by Crippen LogP contribution is 2.26. The molecule has 0 radical (unpaired) electrons. The molecule has 1 amide bonds. The zero-order valence-electron chi connectivity index (χ0n) is 16.8. The minimum atomic E-state index is 0.318. The zero-order chi connectivity index (χ0) is 18.4. The number of nitrogens with zero attached hydrogens (tertiary/aromatic N) is 4. The molecule has 0 unspecified atom stereocenters. The Morgan fingerprint density at radius 2 is 1.62 bits per heavy atom. The van der Waals surface area contributed by atoms with Crippen molar-refractivity contribution in [1.82, 2.24) is 20.0 Å². The number of carbonyl (C=O) groups is 1. The van der Waals surface area contributed by atoms with Gasteiger partial charge in [0, 0.05) is 65.3 Å². The lowest BCUT2D eigenvalue weighted by atomic mass is 10.00. The van der Waals surface area contributed by atoms with Crippen LogP contribution in [0.3, 0.4) is 0 Å². The fourth-order valence-electron chi connectivity index (χ4n) is 4.50. The molecule has 26 heavy (non-hydrogen) atoms. The lowest BCUT2D eigenvalue weighted by Gasteiger charge is -2.36. The van der Waals surface area contributed by atoms with Crippen LogP contribution in [0, 0.1) is 11.8 Å². The minimum Gasteiger partial charge on any atom is -0.355 e. The Kier molecular flexibility index (Phi) is 7.17. The van der Waals surface area contributed by atoms with Gasteiger partial charge in [0.2, 0.25) is 5.91 Å². The second kappa shape index (κ2) is 9.58. The molecule has 2 heterocycles. The van der Waals surface area contributed by atoms with Crippen LogP contribution in [0.5, 0.6) is 0 Å². The summed E-state index contributed by atoms with van der Waals surface area (Å²) in [4.78, 5) is 23.9. The van der Waals surface area contributed by atoms with Crippen molar-refractivity contribution in [2.75, 3.05) is 59.4 Å². The van der Waals surface area contributed by atoms with E-state index in [0.29, 0.717) is 11.8 Å². The van der Waals surface area contributed by atoms with Gasteiger partial charge >= 0.3 is 0 Å². The molecule has 1 N–H and O–H groups in total. The predicted octanol–water partition coefficient (Wildman–Crippen LogP) is 1.63. The van der Waals surface area contributed by atoms with Crippen molar-refractivity contribution < 1.29 is 4.79 Å². The Labute approximate surface area is 159 Å². The van der Waals surface area contributed by atoms with E-state index in [1.165, 1.54) is 25.7 Å². The number of aliphatic imine (C=N–C) groups is 1. The molecule has 3 fully saturated rings. The molecule has 0 aromatic carbocycles. The van der Waals surface area contributed by atoms with Crippen LogP contribution in [0.4, 0.5) is 0 Å². The smallest absolute Gasteiger partial charge is 0.225 e. The average Bonchev–Trinajstić information content (AvgIpc) is 3.21. The van der Waals surface area contributed by atoms with Crippen molar-refractivity contribution in [3.63, 3.8) is 0 Å². The number of carbonyl (C=O) groups excluding carboxylic acids is 1. The topological polar surface area (TPSA) is 51.2 Å². The molecule has 6 heteroatoms. The molecule has 148 valence electrons. The minimum absolute atomic E-state index is 0.318. The maximum Gasteiger partial charge on any atom is 0.225 e. The van der Waals surface area contributed by atoms with Crippen LogP contribution in [0.1, 0.15) is 45.4 Å². The maximum atomic E-state index is 12.5. The quantitative estimate of drug-likeness (QED) is 0.609. The van der Waals surface area contributed by atoms with Crippen LogP contribution in [-0.4, -0.2) is 86.0 Å². The lowest BCUT2D eigenvalue weighted by molar-refractivity contribution is -0.137. The van der Waals surface area contributed by atoms with Crippen molar-refractivity contribution in [2.45, 2.75) is 45.4 Å². The van der Waals surface area contributed by atoms with Crippen LogP contribution in [0.15, 0.2) is 4.99 Å². The van der Waals surface area contributed by atoms with Gasteiger partial charge in [-0.3, -0.25) is 14.7 Å². The standard InChI is InChI=1S/C20H37N5O/c1-17-7-10-25(11-8-17)20(21-2)22-9-12-23-13-15-24(16-14-23)19(26)18-5-3-4-6-18/h17-18H,3-16H2,1-2H3,(H,21,22). The van der Waals surface area contributed by atoms with Crippen molar-refractivity contribution in [1.29, 1.82) is 0 Å². The molecule has 0 bridgehead atoms. The highest BCUT2D eigenvalue weighted by atomic mass is 16.2. The highest BCUT2D eigenvalue weighted by molar-refractivity contribution is 5.80. The highest BCUT2D eigenvalue weighted by Gasteiger charge is 2.29. The molecule has 6 nitrogen and oxygen atoms in total. The van der Waals surface area contributed by atoms with Crippen LogP contribution in [0.2, 0.25) is 0 Å². The first-order valence-corrected chi connectivity index (χ1v) is 10.6. The van der Waals surface area contributed by atoms with E-state index >= 15 is 0 Å². The summed E-state index contributed by atoms with van der Waals surface area (Å²) in [7, 11) is 1.88. The fourth-order valence-corrected chi connectivity index (χ4v) is 4.50. The van der Waals surface area contributed by atoms with E-state index in [2.05, 4.69) is 31.9 Å². The van der Waals surface area contributed by atoms with Gasteiger partial charge < -0.3 is 15.1 Å². The summed E-state index contributed by atoms with van der Waals surface area (Å²) in [6, 6.07) is 0. The molecular formula is C20H37N5O. The van der Waals surface area contributed by atoms with E-state index in [1.54, 1.807) is 0 Å². The third-order valence-electron chi connectivity index (χ3n) is 6.39. The van der Waals surface area contributed by atoms with E-state index < -0.39 is 0 Å². The van der Waals surface area contributed by atoms with Gasteiger partial charge in [0.25, 0.3) is 0 Å². The number of hydrogen-bond acceptors (Lipinski definition) is 3. The molecule has 0 atom stereocenters. The van der Waals surface area contributed by atoms with Crippen LogP contribution in [0.25, 0.3) is 0 Å². The maximum absolute atomic E-state index is 12.5. The Hall–Kier alpha value is -1.30. The fraction of sp³-hybridized carbons (Fsp3) is 0.900. The van der Waals surface area contributed by atoms with Gasteiger partial charge in [-0.2, -0.15) is 0 Å². The Morgan fingerprint density at radius 3 is 2.23 bits per heavy atom. The molecular weight excluding hydrogens is 326 g/mol. The van der Waals surface area contributed by atoms with Gasteiger partial charge in [0.15, 0.2) is 5.96 Å². The molecule has 3 rings (SSSR count). The first kappa shape index (κ1) is 19.5. The van der Waals surface area contributed by atoms with Crippen LogP contribution < -0.4 is 5.32 Å². The third-order valence-corrected chi connectivity index (χ3v) is 6.39. The molecule has 0 aromatic rings. The second-order valence-corrected chi connectivity index (χ2v) is 8.29. The second-order valence-electron chi connectivity index (χ2n) is 8.29. The van der Waals surface area contributed by atoms with Crippen molar-refractivity contribution in [2.24, 2.45) is 16.8 Å². The molecule has 2 saturated heterocycles. The summed E-state index contributed by atoms with van der Waals surface area (Å²) in [6.07, 6.45) is 7.21. The van der Waals surface area contributed by atoms with Gasteiger partial charge in [-0.15, -0.1) is 0 Å².